The molecule has 0 radical (unpaired) electrons. The van der Waals surface area contributed by atoms with E-state index in [-0.39, 0.29) is 18.1 Å². The van der Waals surface area contributed by atoms with Crippen molar-refractivity contribution in [2.24, 2.45) is 5.41 Å². The van der Waals surface area contributed by atoms with Crippen LogP contribution in [0.25, 0.3) is 0 Å². The number of ether oxygens (including phenoxy) is 1. The molecule has 140 valence electrons. The first-order chi connectivity index (χ1) is 12.6. The summed E-state index contributed by atoms with van der Waals surface area (Å²) in [6.07, 6.45) is 14.2. The molecule has 0 bridgehead atoms. The summed E-state index contributed by atoms with van der Waals surface area (Å²) in [7, 11) is 1.85. The zero-order valence-electron chi connectivity index (χ0n) is 15.4. The second-order valence-corrected chi connectivity index (χ2v) is 8.26. The van der Waals surface area contributed by atoms with Gasteiger partial charge in [0.1, 0.15) is 5.76 Å². The van der Waals surface area contributed by atoms with E-state index < -0.39 is 5.72 Å². The number of hydrogen-bond donors (Lipinski definition) is 1. The molecule has 2 saturated heterocycles. The number of fused-ring (bicyclic) bond motifs is 1. The third-order valence-electron chi connectivity index (χ3n) is 6.88. The Morgan fingerprint density at radius 2 is 2.19 bits per heavy atom. The molecule has 0 aromatic carbocycles. The first-order valence-electron chi connectivity index (χ1n) is 9.82. The summed E-state index contributed by atoms with van der Waals surface area (Å²) in [6.45, 7) is 0.883. The van der Waals surface area contributed by atoms with Gasteiger partial charge in [-0.15, -0.1) is 0 Å². The van der Waals surface area contributed by atoms with Crippen LogP contribution in [0.1, 0.15) is 44.9 Å². The van der Waals surface area contributed by atoms with Crippen molar-refractivity contribution in [3.8, 4) is 0 Å². The van der Waals surface area contributed by atoms with Gasteiger partial charge in [-0.2, -0.15) is 0 Å². The van der Waals surface area contributed by atoms with Crippen molar-refractivity contribution in [2.75, 3.05) is 26.7 Å². The van der Waals surface area contributed by atoms with Gasteiger partial charge in [-0.3, -0.25) is 4.90 Å². The molecule has 2 amide bonds. The third-order valence-corrected chi connectivity index (χ3v) is 6.88. The standard InChI is InChI=1S/C20H27N3O3/c1-21-18(25)23(10-11-24)14-20(21)13-19-8-4-2-6-15(19)12-22-9-5-3-7-16(22)17(19)26-20/h5,9,12,24H,2-4,6-8,10-11,13-14H2,1H3. The highest BCUT2D eigenvalue weighted by Gasteiger charge is 2.64. The van der Waals surface area contributed by atoms with E-state index in [1.807, 2.05) is 7.05 Å². The van der Waals surface area contributed by atoms with Crippen LogP contribution in [0.4, 0.5) is 4.79 Å². The smallest absolute Gasteiger partial charge is 0.323 e. The van der Waals surface area contributed by atoms with Gasteiger partial charge in [0.25, 0.3) is 0 Å². The minimum absolute atomic E-state index is 0.0154. The first-order valence-corrected chi connectivity index (χ1v) is 9.82. The number of aliphatic hydroxyl groups excluding tert-OH is 1. The molecule has 1 saturated carbocycles. The minimum Gasteiger partial charge on any atom is -0.467 e. The first kappa shape index (κ1) is 16.2. The Morgan fingerprint density at radius 3 is 3.04 bits per heavy atom. The summed E-state index contributed by atoms with van der Waals surface area (Å²) in [4.78, 5) is 18.5. The number of amides is 2. The van der Waals surface area contributed by atoms with Crippen LogP contribution in [-0.2, 0) is 4.74 Å². The van der Waals surface area contributed by atoms with Crippen LogP contribution in [0.2, 0.25) is 0 Å². The molecule has 4 aliphatic heterocycles. The fraction of sp³-hybridized carbons (Fsp3) is 0.650. The molecule has 6 nitrogen and oxygen atoms in total. The zero-order valence-corrected chi connectivity index (χ0v) is 15.4. The SMILES string of the molecule is CN1C(=O)N(CCO)CC12CC13CCCCC1=CN1C=CCCC1=C3O2. The van der Waals surface area contributed by atoms with Gasteiger partial charge in [-0.05, 0) is 37.7 Å². The van der Waals surface area contributed by atoms with E-state index in [1.54, 1.807) is 9.80 Å². The van der Waals surface area contributed by atoms with Crippen molar-refractivity contribution >= 4 is 6.03 Å². The number of hydrogen-bond acceptors (Lipinski definition) is 4. The van der Waals surface area contributed by atoms with Crippen LogP contribution in [0.15, 0.2) is 35.5 Å². The number of carbonyl (C=O) groups excluding carboxylic acids is 1. The summed E-state index contributed by atoms with van der Waals surface area (Å²) >= 11 is 0. The number of carbonyl (C=O) groups is 1. The molecule has 2 unspecified atom stereocenters. The van der Waals surface area contributed by atoms with E-state index in [0.29, 0.717) is 13.1 Å². The van der Waals surface area contributed by atoms with Crippen molar-refractivity contribution < 1.29 is 14.6 Å². The van der Waals surface area contributed by atoms with Crippen LogP contribution in [-0.4, -0.2) is 58.3 Å². The Bertz CT molecular complexity index is 743. The molecule has 5 aliphatic rings. The van der Waals surface area contributed by atoms with Crippen molar-refractivity contribution in [3.63, 3.8) is 0 Å². The molecule has 2 spiro atoms. The molecule has 0 aromatic heterocycles. The molecule has 1 aliphatic carbocycles. The topological polar surface area (TPSA) is 56.2 Å². The van der Waals surface area contributed by atoms with Crippen molar-refractivity contribution in [3.05, 3.63) is 35.5 Å². The highest BCUT2D eigenvalue weighted by atomic mass is 16.5. The molecule has 5 rings (SSSR count). The Balaban J connectivity index is 1.60. The van der Waals surface area contributed by atoms with Crippen molar-refractivity contribution in [1.82, 2.24) is 14.7 Å². The lowest BCUT2D eigenvalue weighted by Gasteiger charge is -2.42. The maximum atomic E-state index is 12.7. The lowest BCUT2D eigenvalue weighted by Crippen LogP contribution is -2.45. The molecular weight excluding hydrogens is 330 g/mol. The molecule has 4 heterocycles. The van der Waals surface area contributed by atoms with Crippen molar-refractivity contribution in [1.29, 1.82) is 0 Å². The van der Waals surface area contributed by atoms with Crippen LogP contribution >= 0.6 is 0 Å². The predicted octanol–water partition coefficient (Wildman–Crippen LogP) is 2.74. The summed E-state index contributed by atoms with van der Waals surface area (Å²) in [5, 5.41) is 9.32. The lowest BCUT2D eigenvalue weighted by atomic mass is 9.65. The fourth-order valence-corrected chi connectivity index (χ4v) is 5.58. The van der Waals surface area contributed by atoms with E-state index >= 15 is 0 Å². The quantitative estimate of drug-likeness (QED) is 0.826. The van der Waals surface area contributed by atoms with Gasteiger partial charge in [0.05, 0.1) is 24.3 Å². The maximum Gasteiger partial charge on any atom is 0.323 e. The molecule has 0 aromatic rings. The largest absolute Gasteiger partial charge is 0.467 e. The maximum absolute atomic E-state index is 12.7. The zero-order chi connectivity index (χ0) is 17.9. The Morgan fingerprint density at radius 1 is 1.31 bits per heavy atom. The number of allylic oxidation sites excluding steroid dienone is 3. The molecular formula is C20H27N3O3. The molecule has 1 N–H and O–H groups in total. The van der Waals surface area contributed by atoms with Gasteiger partial charge in [-0.25, -0.2) is 4.79 Å². The Hall–Kier alpha value is -1.95. The summed E-state index contributed by atoms with van der Waals surface area (Å²) in [5.41, 5.74) is 2.09. The predicted molar refractivity (Wildman–Crippen MR) is 96.5 cm³/mol. The van der Waals surface area contributed by atoms with E-state index in [2.05, 4.69) is 23.4 Å². The Kier molecular flexibility index (Phi) is 3.45. The fourth-order valence-electron chi connectivity index (χ4n) is 5.58. The van der Waals surface area contributed by atoms with Gasteiger partial charge >= 0.3 is 6.03 Å². The van der Waals surface area contributed by atoms with Gasteiger partial charge in [0, 0.05) is 32.4 Å². The van der Waals surface area contributed by atoms with E-state index in [0.717, 1.165) is 37.9 Å². The average Bonchev–Trinajstić information content (AvgIpc) is 3.10. The normalized spacial score (nSPS) is 35.5. The van der Waals surface area contributed by atoms with E-state index in [1.165, 1.54) is 24.1 Å². The number of urea groups is 1. The summed E-state index contributed by atoms with van der Waals surface area (Å²) < 4.78 is 6.75. The second kappa shape index (κ2) is 5.52. The number of β-amino-alcohol motifs (C(OH)–C–C–N with tert-alkyl or cyclic N) is 1. The second-order valence-electron chi connectivity index (χ2n) is 8.26. The van der Waals surface area contributed by atoms with Gasteiger partial charge < -0.3 is 19.6 Å². The van der Waals surface area contributed by atoms with E-state index in [4.69, 9.17) is 4.74 Å². The highest BCUT2D eigenvalue weighted by molar-refractivity contribution is 5.78. The summed E-state index contributed by atoms with van der Waals surface area (Å²) in [6, 6.07) is -0.0403. The number of likely N-dealkylation sites (N-methyl/N-ethyl adjacent to an activating group) is 1. The Labute approximate surface area is 154 Å². The monoisotopic (exact) mass is 357 g/mol. The molecule has 26 heavy (non-hydrogen) atoms. The lowest BCUT2D eigenvalue weighted by molar-refractivity contribution is -0.0430. The van der Waals surface area contributed by atoms with Crippen LogP contribution in [0.5, 0.6) is 0 Å². The summed E-state index contributed by atoms with van der Waals surface area (Å²) in [5.74, 6) is 1.12. The van der Waals surface area contributed by atoms with Crippen LogP contribution in [0.3, 0.4) is 0 Å². The number of nitrogens with zero attached hydrogens (tertiary/aromatic N) is 3. The molecule has 6 heteroatoms. The third kappa shape index (κ3) is 1.99. The van der Waals surface area contributed by atoms with Crippen LogP contribution in [0, 0.1) is 5.41 Å². The molecule has 2 atom stereocenters. The van der Waals surface area contributed by atoms with Gasteiger partial charge in [0.15, 0.2) is 0 Å². The van der Waals surface area contributed by atoms with Gasteiger partial charge in [0.2, 0.25) is 5.72 Å². The van der Waals surface area contributed by atoms with E-state index in [9.17, 15) is 9.90 Å². The number of rotatable bonds is 2. The number of aliphatic hydroxyl groups is 1. The highest BCUT2D eigenvalue weighted by Crippen LogP contribution is 2.62. The molecule has 3 fully saturated rings. The van der Waals surface area contributed by atoms with Crippen molar-refractivity contribution in [2.45, 2.75) is 50.7 Å². The van der Waals surface area contributed by atoms with Crippen LogP contribution < -0.4 is 0 Å². The minimum atomic E-state index is -0.609. The average molecular weight is 357 g/mol. The van der Waals surface area contributed by atoms with Gasteiger partial charge in [-0.1, -0.05) is 12.5 Å².